The van der Waals surface area contributed by atoms with Gasteiger partial charge < -0.3 is 15.4 Å². The summed E-state index contributed by atoms with van der Waals surface area (Å²) in [5.74, 6) is 0.903. The lowest BCUT2D eigenvalue weighted by Crippen LogP contribution is -2.43. The van der Waals surface area contributed by atoms with Gasteiger partial charge in [0, 0.05) is 24.6 Å². The van der Waals surface area contributed by atoms with Gasteiger partial charge in [-0.1, -0.05) is 6.07 Å². The summed E-state index contributed by atoms with van der Waals surface area (Å²) in [6.45, 7) is 10.0. The fourth-order valence-electron chi connectivity index (χ4n) is 3.69. The molecule has 0 radical (unpaired) electrons. The van der Waals surface area contributed by atoms with Crippen LogP contribution in [-0.2, 0) is 4.74 Å². The number of likely N-dealkylation sites (tertiary alicyclic amines) is 1. The molecule has 26 heavy (non-hydrogen) atoms. The average molecular weight is 492 g/mol. The number of nitrogens with zero attached hydrogens (tertiary/aromatic N) is 2. The van der Waals surface area contributed by atoms with Crippen molar-refractivity contribution in [1.29, 1.82) is 0 Å². The fourth-order valence-corrected chi connectivity index (χ4v) is 4.55. The first-order valence-electron chi connectivity index (χ1n) is 9.64. The van der Waals surface area contributed by atoms with Crippen molar-refractivity contribution in [2.75, 3.05) is 39.3 Å². The van der Waals surface area contributed by atoms with E-state index in [1.54, 1.807) is 0 Å². The highest BCUT2D eigenvalue weighted by Gasteiger charge is 2.29. The van der Waals surface area contributed by atoms with E-state index in [0.717, 1.165) is 45.0 Å². The van der Waals surface area contributed by atoms with Crippen molar-refractivity contribution in [1.82, 2.24) is 15.5 Å². The second-order valence-electron chi connectivity index (χ2n) is 7.25. The van der Waals surface area contributed by atoms with Crippen molar-refractivity contribution in [2.24, 2.45) is 4.99 Å². The number of guanidine groups is 1. The van der Waals surface area contributed by atoms with Gasteiger partial charge >= 0.3 is 0 Å². The molecule has 2 atom stereocenters. The average Bonchev–Trinajstić information content (AvgIpc) is 3.36. The minimum atomic E-state index is -0.0928. The maximum atomic E-state index is 5.87. The van der Waals surface area contributed by atoms with Gasteiger partial charge in [0.2, 0.25) is 0 Å². The van der Waals surface area contributed by atoms with Crippen molar-refractivity contribution in [3.05, 3.63) is 22.4 Å². The number of nitrogens with one attached hydrogen (secondary N) is 2. The normalized spacial score (nSPS) is 25.1. The number of hydrogen-bond acceptors (Lipinski definition) is 4. The van der Waals surface area contributed by atoms with Crippen LogP contribution in [0.4, 0.5) is 0 Å². The van der Waals surface area contributed by atoms with Crippen molar-refractivity contribution in [3.8, 4) is 0 Å². The van der Waals surface area contributed by atoms with Gasteiger partial charge in [-0.15, -0.1) is 35.3 Å². The molecular formula is C19H33IN4OS. The number of hydrogen-bond donors (Lipinski definition) is 2. The van der Waals surface area contributed by atoms with E-state index in [4.69, 9.17) is 9.73 Å². The van der Waals surface area contributed by atoms with E-state index in [0.29, 0.717) is 6.04 Å². The summed E-state index contributed by atoms with van der Waals surface area (Å²) in [6.07, 6.45) is 4.87. The Morgan fingerprint density at radius 1 is 1.35 bits per heavy atom. The van der Waals surface area contributed by atoms with E-state index in [1.807, 2.05) is 11.3 Å². The van der Waals surface area contributed by atoms with E-state index in [2.05, 4.69) is 46.9 Å². The molecular weight excluding hydrogens is 459 g/mol. The van der Waals surface area contributed by atoms with Crippen molar-refractivity contribution < 1.29 is 4.74 Å². The predicted octanol–water partition coefficient (Wildman–Crippen LogP) is 3.63. The van der Waals surface area contributed by atoms with Crippen molar-refractivity contribution in [3.63, 3.8) is 0 Å². The standard InChI is InChI=1S/C19H32N4OS.HI/c1-3-20-18(22-15-19(2)9-7-12-24-19)21-14-16(17-8-6-13-25-17)23-10-4-5-11-23;/h6,8,13,16H,3-5,7,9-12,14-15H2,1-2H3,(H2,20,21,22);1H. The molecule has 3 heterocycles. The van der Waals surface area contributed by atoms with E-state index in [9.17, 15) is 0 Å². The topological polar surface area (TPSA) is 48.9 Å². The lowest BCUT2D eigenvalue weighted by Gasteiger charge is -2.28. The van der Waals surface area contributed by atoms with Crippen LogP contribution >= 0.6 is 35.3 Å². The summed E-state index contributed by atoms with van der Waals surface area (Å²) in [5, 5.41) is 9.14. The summed E-state index contributed by atoms with van der Waals surface area (Å²) in [7, 11) is 0. The lowest BCUT2D eigenvalue weighted by molar-refractivity contribution is 0.0283. The van der Waals surface area contributed by atoms with Gasteiger partial charge in [0.15, 0.2) is 5.96 Å². The first-order valence-corrected chi connectivity index (χ1v) is 10.5. The Morgan fingerprint density at radius 3 is 2.77 bits per heavy atom. The summed E-state index contributed by atoms with van der Waals surface area (Å²) in [5.41, 5.74) is -0.0928. The molecule has 1 aromatic rings. The summed E-state index contributed by atoms with van der Waals surface area (Å²) < 4.78 is 5.87. The quantitative estimate of drug-likeness (QED) is 0.347. The molecule has 2 aliphatic rings. The molecule has 0 aliphatic carbocycles. The third kappa shape index (κ3) is 6.07. The number of ether oxygens (including phenoxy) is 1. The third-order valence-electron chi connectivity index (χ3n) is 5.13. The lowest BCUT2D eigenvalue weighted by atomic mass is 10.0. The molecule has 3 rings (SSSR count). The summed E-state index contributed by atoms with van der Waals surface area (Å²) in [6, 6.07) is 4.85. The van der Waals surface area contributed by atoms with Crippen LogP contribution < -0.4 is 10.6 Å². The smallest absolute Gasteiger partial charge is 0.191 e. The Labute approximate surface area is 179 Å². The number of aliphatic imine (C=N–C) groups is 1. The fraction of sp³-hybridized carbons (Fsp3) is 0.737. The molecule has 7 heteroatoms. The Balaban J connectivity index is 0.00000243. The predicted molar refractivity (Wildman–Crippen MR) is 121 cm³/mol. The SMILES string of the molecule is CCNC(=NCC1(C)CCCO1)NCC(c1cccs1)N1CCCC1.I. The molecule has 0 saturated carbocycles. The van der Waals surface area contributed by atoms with E-state index in [1.165, 1.54) is 30.8 Å². The third-order valence-corrected chi connectivity index (χ3v) is 6.11. The molecule has 2 fully saturated rings. The molecule has 2 saturated heterocycles. The number of halogens is 1. The minimum Gasteiger partial charge on any atom is -0.373 e. The molecule has 0 bridgehead atoms. The van der Waals surface area contributed by atoms with Crippen LogP contribution in [0.5, 0.6) is 0 Å². The van der Waals surface area contributed by atoms with Crippen LogP contribution in [0.15, 0.2) is 22.5 Å². The molecule has 2 unspecified atom stereocenters. The van der Waals surface area contributed by atoms with Gasteiger partial charge in [0.1, 0.15) is 0 Å². The second kappa shape index (κ2) is 10.8. The Morgan fingerprint density at radius 2 is 2.15 bits per heavy atom. The monoisotopic (exact) mass is 492 g/mol. The van der Waals surface area contributed by atoms with Gasteiger partial charge in [-0.3, -0.25) is 9.89 Å². The van der Waals surface area contributed by atoms with E-state index in [-0.39, 0.29) is 29.6 Å². The number of thiophene rings is 1. The Bertz CT molecular complexity index is 540. The van der Waals surface area contributed by atoms with Gasteiger partial charge in [-0.05, 0) is 64.1 Å². The van der Waals surface area contributed by atoms with E-state index >= 15 is 0 Å². The molecule has 2 N–H and O–H groups in total. The van der Waals surface area contributed by atoms with Crippen molar-refractivity contribution >= 4 is 41.3 Å². The van der Waals surface area contributed by atoms with Crippen LogP contribution in [0.2, 0.25) is 0 Å². The molecule has 0 amide bonds. The molecule has 2 aliphatic heterocycles. The maximum absolute atomic E-state index is 5.87. The molecule has 148 valence electrons. The second-order valence-corrected chi connectivity index (χ2v) is 8.23. The molecule has 1 aromatic heterocycles. The zero-order valence-electron chi connectivity index (χ0n) is 16.0. The van der Waals surface area contributed by atoms with Crippen LogP contribution in [0.1, 0.15) is 50.4 Å². The van der Waals surface area contributed by atoms with E-state index < -0.39 is 0 Å². The van der Waals surface area contributed by atoms with Crippen LogP contribution in [0.3, 0.4) is 0 Å². The highest BCUT2D eigenvalue weighted by molar-refractivity contribution is 14.0. The zero-order chi connectivity index (χ0) is 17.5. The van der Waals surface area contributed by atoms with Crippen molar-refractivity contribution in [2.45, 2.75) is 51.2 Å². The number of rotatable bonds is 7. The van der Waals surface area contributed by atoms with Crippen LogP contribution in [0.25, 0.3) is 0 Å². The highest BCUT2D eigenvalue weighted by atomic mass is 127. The minimum absolute atomic E-state index is 0. The largest absolute Gasteiger partial charge is 0.373 e. The molecule has 5 nitrogen and oxygen atoms in total. The zero-order valence-corrected chi connectivity index (χ0v) is 19.1. The summed E-state index contributed by atoms with van der Waals surface area (Å²) >= 11 is 1.85. The first kappa shape index (κ1) is 21.9. The highest BCUT2D eigenvalue weighted by Crippen LogP contribution is 2.28. The van der Waals surface area contributed by atoms with Gasteiger partial charge in [0.05, 0.1) is 18.2 Å². The van der Waals surface area contributed by atoms with Gasteiger partial charge in [0.25, 0.3) is 0 Å². The maximum Gasteiger partial charge on any atom is 0.191 e. The van der Waals surface area contributed by atoms with Crippen LogP contribution in [-0.4, -0.2) is 55.8 Å². The molecule has 0 aromatic carbocycles. The van der Waals surface area contributed by atoms with Gasteiger partial charge in [-0.25, -0.2) is 0 Å². The Kier molecular flexibility index (Phi) is 9.12. The summed E-state index contributed by atoms with van der Waals surface area (Å²) in [4.78, 5) is 8.84. The first-order chi connectivity index (χ1) is 12.2. The van der Waals surface area contributed by atoms with Crippen LogP contribution in [0, 0.1) is 0 Å². The Hall–Kier alpha value is -0.380. The molecule has 0 spiro atoms. The van der Waals surface area contributed by atoms with Gasteiger partial charge in [-0.2, -0.15) is 0 Å².